The van der Waals surface area contributed by atoms with Gasteiger partial charge in [-0.15, -0.1) is 0 Å². The van der Waals surface area contributed by atoms with Gasteiger partial charge in [0, 0.05) is 41.5 Å². The van der Waals surface area contributed by atoms with Crippen molar-refractivity contribution in [2.24, 2.45) is 5.41 Å². The molecule has 0 aromatic heterocycles. The Morgan fingerprint density at radius 2 is 2.17 bits per heavy atom. The Hall–Kier alpha value is -1.97. The number of hydrogen-bond acceptors (Lipinski definition) is 3. The third-order valence-electron chi connectivity index (χ3n) is 6.85. The number of allylic oxidation sites excluding steroid dienone is 2. The highest BCUT2D eigenvalue weighted by molar-refractivity contribution is 5.84. The summed E-state index contributed by atoms with van der Waals surface area (Å²) < 4.78 is 0. The van der Waals surface area contributed by atoms with E-state index in [0.717, 1.165) is 44.5 Å². The van der Waals surface area contributed by atoms with Gasteiger partial charge in [-0.1, -0.05) is 25.1 Å². The minimum absolute atomic E-state index is 0.0633. The smallest absolute Gasteiger partial charge is 0.326 e. The van der Waals surface area contributed by atoms with E-state index in [2.05, 4.69) is 34.9 Å². The number of rotatable bonds is 2. The highest BCUT2D eigenvalue weighted by atomic mass is 16.4. The standard InChI is InChI=1S/C20H24N2O2/c1-2-20-9-5-10-21-11-8-14-13-6-3-4-7-15(13)22(17(14)18(20)21)16(12-20)19(23)24/h3-4,6-7,14,16H,2,5,8-12H2,1H3,(H,23,24)/t14?,16?,20-/m0/s1. The summed E-state index contributed by atoms with van der Waals surface area (Å²) in [6.07, 6.45) is 5.23. The molecule has 126 valence electrons. The average molecular weight is 324 g/mol. The Kier molecular flexibility index (Phi) is 2.86. The molecule has 1 N–H and O–H groups in total. The Labute approximate surface area is 142 Å². The zero-order valence-electron chi connectivity index (χ0n) is 14.2. The highest BCUT2D eigenvalue weighted by Crippen LogP contribution is 2.60. The fourth-order valence-corrected chi connectivity index (χ4v) is 5.82. The molecular weight excluding hydrogens is 300 g/mol. The minimum atomic E-state index is -0.674. The second-order valence-electron chi connectivity index (χ2n) is 7.79. The lowest BCUT2D eigenvalue weighted by atomic mass is 9.65. The molecular formula is C20H24N2O2. The van der Waals surface area contributed by atoms with Crippen LogP contribution in [0, 0.1) is 5.41 Å². The molecule has 0 aliphatic carbocycles. The summed E-state index contributed by atoms with van der Waals surface area (Å²) in [5.41, 5.74) is 5.34. The average Bonchev–Trinajstić information content (AvgIpc) is 2.95. The largest absolute Gasteiger partial charge is 0.480 e. The molecule has 4 aliphatic heterocycles. The second kappa shape index (κ2) is 4.78. The monoisotopic (exact) mass is 324 g/mol. The molecule has 1 saturated heterocycles. The molecule has 2 unspecified atom stereocenters. The third-order valence-corrected chi connectivity index (χ3v) is 6.85. The molecule has 1 aromatic carbocycles. The fraction of sp³-hybridized carbons (Fsp3) is 0.550. The molecule has 4 heterocycles. The van der Waals surface area contributed by atoms with Crippen LogP contribution in [-0.2, 0) is 4.79 Å². The van der Waals surface area contributed by atoms with Gasteiger partial charge in [0.1, 0.15) is 6.04 Å². The van der Waals surface area contributed by atoms with Gasteiger partial charge in [-0.3, -0.25) is 0 Å². The molecule has 3 atom stereocenters. The molecule has 4 heteroatoms. The lowest BCUT2D eigenvalue weighted by Gasteiger charge is -2.55. The van der Waals surface area contributed by atoms with E-state index in [0.29, 0.717) is 5.92 Å². The van der Waals surface area contributed by atoms with Crippen molar-refractivity contribution in [3.05, 3.63) is 41.2 Å². The van der Waals surface area contributed by atoms with Gasteiger partial charge in [-0.2, -0.15) is 0 Å². The van der Waals surface area contributed by atoms with Gasteiger partial charge in [-0.05, 0) is 43.7 Å². The van der Waals surface area contributed by atoms with Crippen LogP contribution in [0.1, 0.15) is 50.5 Å². The van der Waals surface area contributed by atoms with E-state index in [1.165, 1.54) is 23.4 Å². The first-order chi connectivity index (χ1) is 11.7. The van der Waals surface area contributed by atoms with E-state index in [4.69, 9.17) is 0 Å². The normalized spacial score (nSPS) is 33.4. The summed E-state index contributed by atoms with van der Waals surface area (Å²) >= 11 is 0. The molecule has 1 fully saturated rings. The van der Waals surface area contributed by atoms with Crippen molar-refractivity contribution in [2.45, 2.75) is 51.0 Å². The number of anilines is 1. The quantitative estimate of drug-likeness (QED) is 0.903. The van der Waals surface area contributed by atoms with E-state index < -0.39 is 12.0 Å². The maximum Gasteiger partial charge on any atom is 0.326 e. The van der Waals surface area contributed by atoms with E-state index in [1.807, 2.05) is 6.07 Å². The van der Waals surface area contributed by atoms with Crippen LogP contribution < -0.4 is 4.90 Å². The lowest BCUT2D eigenvalue weighted by Crippen LogP contribution is -2.56. The Morgan fingerprint density at radius 3 is 2.96 bits per heavy atom. The van der Waals surface area contributed by atoms with Crippen molar-refractivity contribution in [3.63, 3.8) is 0 Å². The first-order valence-electron chi connectivity index (χ1n) is 9.27. The van der Waals surface area contributed by atoms with Crippen molar-refractivity contribution in [1.29, 1.82) is 0 Å². The van der Waals surface area contributed by atoms with Crippen LogP contribution in [0.5, 0.6) is 0 Å². The SMILES string of the molecule is CC[C@@]12CCCN3CCC4C(=C31)N(c1ccccc14)C(C(=O)O)C2. The number of fused-ring (bicyclic) bond motifs is 3. The van der Waals surface area contributed by atoms with Crippen LogP contribution in [0.15, 0.2) is 35.7 Å². The molecule has 24 heavy (non-hydrogen) atoms. The molecule has 1 aromatic rings. The number of carboxylic acid groups (broad SMARTS) is 1. The molecule has 0 saturated carbocycles. The molecule has 4 aliphatic rings. The molecule has 0 radical (unpaired) electrons. The van der Waals surface area contributed by atoms with Gasteiger partial charge in [-0.25, -0.2) is 4.79 Å². The van der Waals surface area contributed by atoms with E-state index in [1.54, 1.807) is 0 Å². The van der Waals surface area contributed by atoms with Crippen molar-refractivity contribution in [1.82, 2.24) is 4.90 Å². The number of piperidine rings is 1. The summed E-state index contributed by atoms with van der Waals surface area (Å²) in [4.78, 5) is 16.9. The Morgan fingerprint density at radius 1 is 1.33 bits per heavy atom. The third kappa shape index (κ3) is 1.61. The topological polar surface area (TPSA) is 43.8 Å². The number of para-hydroxylation sites is 1. The maximum absolute atomic E-state index is 12.2. The van der Waals surface area contributed by atoms with Crippen LogP contribution >= 0.6 is 0 Å². The van der Waals surface area contributed by atoms with Crippen molar-refractivity contribution < 1.29 is 9.90 Å². The zero-order chi connectivity index (χ0) is 16.5. The number of carbonyl (C=O) groups is 1. The summed E-state index contributed by atoms with van der Waals surface area (Å²) in [5, 5.41) is 10.0. The van der Waals surface area contributed by atoms with Crippen molar-refractivity contribution >= 4 is 11.7 Å². The molecule has 4 nitrogen and oxygen atoms in total. The zero-order valence-corrected chi connectivity index (χ0v) is 14.2. The van der Waals surface area contributed by atoms with Gasteiger partial charge in [0.25, 0.3) is 0 Å². The summed E-state index contributed by atoms with van der Waals surface area (Å²) in [5.74, 6) is -0.286. The van der Waals surface area contributed by atoms with Crippen LogP contribution in [0.3, 0.4) is 0 Å². The van der Waals surface area contributed by atoms with Gasteiger partial charge in [0.2, 0.25) is 0 Å². The number of carboxylic acids is 1. The minimum Gasteiger partial charge on any atom is -0.480 e. The fourth-order valence-electron chi connectivity index (χ4n) is 5.82. The summed E-state index contributed by atoms with van der Waals surface area (Å²) in [6.45, 7) is 4.50. The van der Waals surface area contributed by atoms with E-state index in [9.17, 15) is 9.90 Å². The predicted octanol–water partition coefficient (Wildman–Crippen LogP) is 3.55. The van der Waals surface area contributed by atoms with Crippen LogP contribution in [0.2, 0.25) is 0 Å². The predicted molar refractivity (Wildman–Crippen MR) is 92.9 cm³/mol. The Bertz CT molecular complexity index is 756. The van der Waals surface area contributed by atoms with E-state index in [-0.39, 0.29) is 5.41 Å². The molecule has 0 amide bonds. The summed E-state index contributed by atoms with van der Waals surface area (Å²) in [7, 11) is 0. The van der Waals surface area contributed by atoms with Gasteiger partial charge in [0.15, 0.2) is 0 Å². The molecule has 0 bridgehead atoms. The first-order valence-corrected chi connectivity index (χ1v) is 9.27. The van der Waals surface area contributed by atoms with Gasteiger partial charge < -0.3 is 14.9 Å². The van der Waals surface area contributed by atoms with Crippen LogP contribution in [0.25, 0.3) is 0 Å². The van der Waals surface area contributed by atoms with Crippen molar-refractivity contribution in [2.75, 3.05) is 18.0 Å². The number of benzene rings is 1. The maximum atomic E-state index is 12.2. The molecule has 0 spiro atoms. The summed E-state index contributed by atoms with van der Waals surface area (Å²) in [6, 6.07) is 8.03. The van der Waals surface area contributed by atoms with Gasteiger partial charge >= 0.3 is 5.97 Å². The van der Waals surface area contributed by atoms with Gasteiger partial charge in [0.05, 0.1) is 0 Å². The number of aliphatic carboxylic acids is 1. The number of nitrogens with zero attached hydrogens (tertiary/aromatic N) is 2. The highest BCUT2D eigenvalue weighted by Gasteiger charge is 2.55. The Balaban J connectivity index is 1.80. The second-order valence-corrected chi connectivity index (χ2v) is 7.79. The van der Waals surface area contributed by atoms with Crippen LogP contribution in [0.4, 0.5) is 5.69 Å². The first kappa shape index (κ1) is 14.4. The molecule has 5 rings (SSSR count). The lowest BCUT2D eigenvalue weighted by molar-refractivity contribution is -0.139. The van der Waals surface area contributed by atoms with E-state index >= 15 is 0 Å². The number of hydrogen-bond donors (Lipinski definition) is 1. The van der Waals surface area contributed by atoms with Crippen molar-refractivity contribution in [3.8, 4) is 0 Å². The van der Waals surface area contributed by atoms with Crippen LogP contribution in [-0.4, -0.2) is 35.1 Å².